The molecule has 0 unspecified atom stereocenters. The van der Waals surface area contributed by atoms with Gasteiger partial charge in [-0.15, -0.1) is 0 Å². The van der Waals surface area contributed by atoms with Crippen molar-refractivity contribution in [2.24, 2.45) is 0 Å². The molecule has 1 saturated carbocycles. The first-order valence-electron chi connectivity index (χ1n) is 11.0. The highest BCUT2D eigenvalue weighted by Crippen LogP contribution is 2.36. The summed E-state index contributed by atoms with van der Waals surface area (Å²) in [7, 11) is 0. The van der Waals surface area contributed by atoms with Crippen LogP contribution in [0.4, 0.5) is 20.8 Å². The maximum atomic E-state index is 15.0. The number of hydrogen-bond acceptors (Lipinski definition) is 7. The van der Waals surface area contributed by atoms with E-state index in [1.165, 1.54) is 0 Å². The van der Waals surface area contributed by atoms with Crippen LogP contribution in [0.25, 0.3) is 5.52 Å². The Morgan fingerprint density at radius 1 is 1.36 bits per heavy atom. The lowest BCUT2D eigenvalue weighted by Gasteiger charge is -2.17. The number of aromatic amines is 1. The Balaban J connectivity index is 1.27. The molecule has 3 aromatic rings. The highest BCUT2D eigenvalue weighted by molar-refractivity contribution is 5.72. The standard InChI is InChI=1S/C22H28FN7O3/c1-21(2,3)15-10-13-19(24-7-8-30(13)29-15)25-16-9-12(27-28-16)18-17(23)14(11-32-18)33-20(31)26-22(4)5-6-22/h7-10,14,17-18H,5-6,11H2,1-4H3,(H,26,31)(H2,24,25,27,28)/t14-,17+,18-/m0/s1. The summed E-state index contributed by atoms with van der Waals surface area (Å²) in [4.78, 5) is 16.4. The van der Waals surface area contributed by atoms with Crippen LogP contribution in [0, 0.1) is 0 Å². The Labute approximate surface area is 190 Å². The molecule has 3 atom stereocenters. The molecule has 1 saturated heterocycles. The van der Waals surface area contributed by atoms with E-state index in [0.29, 0.717) is 17.3 Å². The number of carbonyl (C=O) groups excluding carboxylic acids is 1. The highest BCUT2D eigenvalue weighted by atomic mass is 19.1. The van der Waals surface area contributed by atoms with Crippen LogP contribution in [0.15, 0.2) is 24.5 Å². The van der Waals surface area contributed by atoms with Gasteiger partial charge in [-0.3, -0.25) is 5.10 Å². The molecular formula is C22H28FN7O3. The summed E-state index contributed by atoms with van der Waals surface area (Å²) in [5.74, 6) is 1.04. The van der Waals surface area contributed by atoms with Crippen molar-refractivity contribution in [2.45, 2.75) is 69.9 Å². The molecule has 33 heavy (non-hydrogen) atoms. The van der Waals surface area contributed by atoms with Crippen molar-refractivity contribution >= 4 is 23.2 Å². The average molecular weight is 458 g/mol. The number of amides is 1. The van der Waals surface area contributed by atoms with Gasteiger partial charge in [0, 0.05) is 29.4 Å². The largest absolute Gasteiger partial charge is 0.441 e. The summed E-state index contributed by atoms with van der Waals surface area (Å²) >= 11 is 0. The summed E-state index contributed by atoms with van der Waals surface area (Å²) in [5.41, 5.74) is 1.85. The van der Waals surface area contributed by atoms with E-state index < -0.39 is 24.5 Å². The summed E-state index contributed by atoms with van der Waals surface area (Å²) in [6, 6.07) is 3.65. The van der Waals surface area contributed by atoms with Gasteiger partial charge in [0.05, 0.1) is 18.0 Å². The first-order chi connectivity index (χ1) is 15.6. The number of carbonyl (C=O) groups is 1. The van der Waals surface area contributed by atoms with E-state index in [-0.39, 0.29) is 17.6 Å². The highest BCUT2D eigenvalue weighted by Gasteiger charge is 2.44. The number of alkyl carbamates (subject to hydrolysis) is 1. The summed E-state index contributed by atoms with van der Waals surface area (Å²) < 4.78 is 27.6. The van der Waals surface area contributed by atoms with Crippen LogP contribution in [0.2, 0.25) is 0 Å². The first-order valence-corrected chi connectivity index (χ1v) is 11.0. The molecule has 1 amide bonds. The zero-order valence-electron chi connectivity index (χ0n) is 19.1. The molecule has 0 spiro atoms. The number of aromatic nitrogens is 5. The van der Waals surface area contributed by atoms with Gasteiger partial charge in [-0.1, -0.05) is 20.8 Å². The van der Waals surface area contributed by atoms with Gasteiger partial charge in [-0.25, -0.2) is 18.7 Å². The molecule has 4 heterocycles. The topological polar surface area (TPSA) is 118 Å². The molecule has 1 aliphatic carbocycles. The zero-order valence-corrected chi connectivity index (χ0v) is 19.1. The van der Waals surface area contributed by atoms with Gasteiger partial charge < -0.3 is 20.1 Å². The third kappa shape index (κ3) is 4.37. The third-order valence-electron chi connectivity index (χ3n) is 6.06. The second-order valence-corrected chi connectivity index (χ2v) is 10.0. The number of halogens is 1. The van der Waals surface area contributed by atoms with E-state index >= 15 is 0 Å². The maximum Gasteiger partial charge on any atom is 0.408 e. The fourth-order valence-electron chi connectivity index (χ4n) is 3.72. The van der Waals surface area contributed by atoms with Crippen molar-refractivity contribution in [3.63, 3.8) is 0 Å². The minimum atomic E-state index is -1.51. The predicted octanol–water partition coefficient (Wildman–Crippen LogP) is 3.55. The minimum absolute atomic E-state index is 0.0238. The molecule has 2 fully saturated rings. The van der Waals surface area contributed by atoms with Crippen LogP contribution in [0.3, 0.4) is 0 Å². The Hall–Kier alpha value is -3.21. The Kier molecular flexibility index (Phi) is 5.04. The van der Waals surface area contributed by atoms with Crippen LogP contribution in [0.1, 0.15) is 58.0 Å². The summed E-state index contributed by atoms with van der Waals surface area (Å²) in [6.45, 7) is 8.19. The number of nitrogens with zero attached hydrogens (tertiary/aromatic N) is 4. The lowest BCUT2D eigenvalue weighted by Crippen LogP contribution is -2.39. The van der Waals surface area contributed by atoms with Crippen LogP contribution in [-0.2, 0) is 14.9 Å². The molecule has 0 aromatic carbocycles. The fourth-order valence-corrected chi connectivity index (χ4v) is 3.72. The van der Waals surface area contributed by atoms with Crippen molar-refractivity contribution < 1.29 is 18.7 Å². The predicted molar refractivity (Wildman–Crippen MR) is 118 cm³/mol. The van der Waals surface area contributed by atoms with E-state index in [1.54, 1.807) is 23.0 Å². The summed E-state index contributed by atoms with van der Waals surface area (Å²) in [5, 5.41) is 17.6. The smallest absolute Gasteiger partial charge is 0.408 e. The normalized spacial score (nSPS) is 24.1. The van der Waals surface area contributed by atoms with Crippen molar-refractivity contribution in [3.05, 3.63) is 35.9 Å². The Morgan fingerprint density at radius 2 is 2.15 bits per heavy atom. The van der Waals surface area contributed by atoms with Crippen molar-refractivity contribution in [1.29, 1.82) is 0 Å². The van der Waals surface area contributed by atoms with Crippen LogP contribution < -0.4 is 10.6 Å². The van der Waals surface area contributed by atoms with Gasteiger partial charge in [0.1, 0.15) is 11.6 Å². The van der Waals surface area contributed by atoms with Gasteiger partial charge >= 0.3 is 6.09 Å². The van der Waals surface area contributed by atoms with E-state index in [0.717, 1.165) is 24.1 Å². The molecule has 11 heteroatoms. The molecule has 2 aliphatic rings. The van der Waals surface area contributed by atoms with E-state index in [4.69, 9.17) is 9.47 Å². The van der Waals surface area contributed by atoms with Crippen LogP contribution >= 0.6 is 0 Å². The maximum absolute atomic E-state index is 15.0. The minimum Gasteiger partial charge on any atom is -0.441 e. The van der Waals surface area contributed by atoms with Gasteiger partial charge in [-0.05, 0) is 25.8 Å². The van der Waals surface area contributed by atoms with Gasteiger partial charge in [0.15, 0.2) is 23.9 Å². The summed E-state index contributed by atoms with van der Waals surface area (Å²) in [6.07, 6.45) is 1.21. The fraction of sp³-hybridized carbons (Fsp3) is 0.545. The van der Waals surface area contributed by atoms with Crippen molar-refractivity contribution in [3.8, 4) is 0 Å². The molecule has 10 nitrogen and oxygen atoms in total. The van der Waals surface area contributed by atoms with Gasteiger partial charge in [0.2, 0.25) is 0 Å². The third-order valence-corrected chi connectivity index (χ3v) is 6.06. The molecule has 176 valence electrons. The van der Waals surface area contributed by atoms with Crippen molar-refractivity contribution in [2.75, 3.05) is 11.9 Å². The molecular weight excluding hydrogens is 429 g/mol. The van der Waals surface area contributed by atoms with Crippen LogP contribution in [-0.4, -0.2) is 55.3 Å². The van der Waals surface area contributed by atoms with Crippen molar-refractivity contribution in [1.82, 2.24) is 30.1 Å². The monoisotopic (exact) mass is 457 g/mol. The quantitative estimate of drug-likeness (QED) is 0.536. The lowest BCUT2D eigenvalue weighted by atomic mass is 9.92. The molecule has 3 N–H and O–H groups in total. The molecule has 1 aliphatic heterocycles. The number of ether oxygens (including phenoxy) is 2. The molecule has 5 rings (SSSR count). The Morgan fingerprint density at radius 3 is 2.88 bits per heavy atom. The number of H-pyrrole nitrogens is 1. The van der Waals surface area contributed by atoms with E-state index in [1.807, 2.05) is 13.0 Å². The number of nitrogens with one attached hydrogen (secondary N) is 3. The SMILES string of the molecule is CC1(NC(=O)O[C@H]2CO[C@@H](c3cc(Nc4nccn5nc(C(C)(C)C)cc45)n[nH]3)[C@@H]2F)CC1. The van der Waals surface area contributed by atoms with E-state index in [9.17, 15) is 9.18 Å². The molecule has 3 aromatic heterocycles. The number of fused-ring (bicyclic) bond motifs is 1. The molecule has 0 radical (unpaired) electrons. The van der Waals surface area contributed by atoms with Crippen LogP contribution in [0.5, 0.6) is 0 Å². The second kappa shape index (κ2) is 7.68. The number of anilines is 2. The first kappa shape index (κ1) is 21.6. The zero-order chi connectivity index (χ0) is 23.4. The van der Waals surface area contributed by atoms with Gasteiger partial charge in [0.25, 0.3) is 0 Å². The number of rotatable bonds is 5. The Bertz CT molecular complexity index is 1180. The number of hydrogen-bond donors (Lipinski definition) is 3. The van der Waals surface area contributed by atoms with Gasteiger partial charge in [-0.2, -0.15) is 10.2 Å². The lowest BCUT2D eigenvalue weighted by molar-refractivity contribution is 0.0604. The second-order valence-electron chi connectivity index (χ2n) is 10.0. The number of alkyl halides is 1. The molecule has 0 bridgehead atoms. The average Bonchev–Trinajstić information content (AvgIpc) is 3.13. The van der Waals surface area contributed by atoms with E-state index in [2.05, 4.69) is 51.7 Å².